The normalized spacial score (nSPS) is 30.2. The van der Waals surface area contributed by atoms with Crippen molar-refractivity contribution in [3.63, 3.8) is 0 Å². The molecule has 1 saturated heterocycles. The van der Waals surface area contributed by atoms with Crippen molar-refractivity contribution in [2.24, 2.45) is 11.8 Å². The van der Waals surface area contributed by atoms with Gasteiger partial charge in [0.2, 0.25) is 5.13 Å². The van der Waals surface area contributed by atoms with Crippen LogP contribution in [0.15, 0.2) is 3.92 Å². The summed E-state index contributed by atoms with van der Waals surface area (Å²) in [5.74, 6) is 1.89. The smallest absolute Gasteiger partial charge is 0.209 e. The molecule has 2 unspecified atom stereocenters. The number of anilines is 1. The minimum absolute atomic E-state index is 0.897. The Morgan fingerprint density at radius 3 is 2.69 bits per heavy atom. The SMILES string of the molecule is Brc1nnc(N2CCC3CCCCC3C2)s1. The first-order valence-corrected chi connectivity index (χ1v) is 7.68. The van der Waals surface area contributed by atoms with Crippen molar-refractivity contribution in [2.45, 2.75) is 32.1 Å². The molecule has 1 aliphatic heterocycles. The summed E-state index contributed by atoms with van der Waals surface area (Å²) in [6.45, 7) is 2.37. The summed E-state index contributed by atoms with van der Waals surface area (Å²) in [6.07, 6.45) is 7.10. The molecule has 1 aromatic heterocycles. The van der Waals surface area contributed by atoms with Gasteiger partial charge >= 0.3 is 0 Å². The van der Waals surface area contributed by atoms with Crippen molar-refractivity contribution in [1.82, 2.24) is 10.2 Å². The zero-order valence-electron chi connectivity index (χ0n) is 9.23. The molecule has 2 atom stereocenters. The number of rotatable bonds is 1. The zero-order chi connectivity index (χ0) is 11.0. The Hall–Kier alpha value is -0.160. The molecule has 5 heteroatoms. The van der Waals surface area contributed by atoms with E-state index in [9.17, 15) is 0 Å². The molecule has 3 nitrogen and oxygen atoms in total. The molecule has 88 valence electrons. The molecule has 0 bridgehead atoms. The van der Waals surface area contributed by atoms with E-state index in [4.69, 9.17) is 0 Å². The van der Waals surface area contributed by atoms with Gasteiger partial charge in [-0.3, -0.25) is 0 Å². The highest BCUT2D eigenvalue weighted by Crippen LogP contribution is 2.38. The van der Waals surface area contributed by atoms with Gasteiger partial charge in [-0.05, 0) is 40.6 Å². The van der Waals surface area contributed by atoms with E-state index < -0.39 is 0 Å². The van der Waals surface area contributed by atoms with Crippen LogP contribution in [0.3, 0.4) is 0 Å². The average molecular weight is 302 g/mol. The molecule has 0 N–H and O–H groups in total. The molecule has 2 aliphatic rings. The maximum absolute atomic E-state index is 4.22. The van der Waals surface area contributed by atoms with Crippen LogP contribution >= 0.6 is 27.3 Å². The van der Waals surface area contributed by atoms with Crippen molar-refractivity contribution in [2.75, 3.05) is 18.0 Å². The molecule has 0 amide bonds. The molecular formula is C11H16BrN3S. The number of piperidine rings is 1. The first-order valence-electron chi connectivity index (χ1n) is 6.07. The summed E-state index contributed by atoms with van der Waals surface area (Å²) in [6, 6.07) is 0. The highest BCUT2D eigenvalue weighted by atomic mass is 79.9. The van der Waals surface area contributed by atoms with Gasteiger partial charge in [-0.2, -0.15) is 0 Å². The van der Waals surface area contributed by atoms with E-state index in [0.29, 0.717) is 0 Å². The highest BCUT2D eigenvalue weighted by Gasteiger charge is 2.32. The fourth-order valence-corrected chi connectivity index (χ4v) is 4.22. The third-order valence-electron chi connectivity index (χ3n) is 3.95. The van der Waals surface area contributed by atoms with E-state index in [1.54, 1.807) is 11.3 Å². The zero-order valence-corrected chi connectivity index (χ0v) is 11.6. The van der Waals surface area contributed by atoms with Gasteiger partial charge in [-0.25, -0.2) is 0 Å². The summed E-state index contributed by atoms with van der Waals surface area (Å²) in [7, 11) is 0. The molecule has 3 rings (SSSR count). The van der Waals surface area contributed by atoms with Crippen LogP contribution < -0.4 is 4.90 Å². The fraction of sp³-hybridized carbons (Fsp3) is 0.818. The Bertz CT molecular complexity index is 368. The standard InChI is InChI=1S/C11H16BrN3S/c12-10-13-14-11(16-10)15-6-5-8-3-1-2-4-9(8)7-15/h8-9H,1-7H2. The van der Waals surface area contributed by atoms with Crippen LogP contribution in [-0.2, 0) is 0 Å². The first kappa shape index (κ1) is 11.0. The fourth-order valence-electron chi connectivity index (χ4n) is 3.10. The molecule has 1 saturated carbocycles. The molecule has 2 heterocycles. The lowest BCUT2D eigenvalue weighted by molar-refractivity contribution is 0.202. The molecule has 0 aromatic carbocycles. The number of fused-ring (bicyclic) bond motifs is 1. The van der Waals surface area contributed by atoms with Crippen LogP contribution in [0.5, 0.6) is 0 Å². The van der Waals surface area contributed by atoms with Crippen LogP contribution in [0.2, 0.25) is 0 Å². The van der Waals surface area contributed by atoms with Crippen LogP contribution in [0, 0.1) is 11.8 Å². The Kier molecular flexibility index (Phi) is 3.16. The monoisotopic (exact) mass is 301 g/mol. The minimum Gasteiger partial charge on any atom is -0.346 e. The second-order valence-corrected chi connectivity index (χ2v) is 7.11. The number of hydrogen-bond donors (Lipinski definition) is 0. The maximum atomic E-state index is 4.22. The molecule has 1 aromatic rings. The van der Waals surface area contributed by atoms with Gasteiger partial charge in [0.15, 0.2) is 3.92 Å². The summed E-state index contributed by atoms with van der Waals surface area (Å²) in [5.41, 5.74) is 0. The lowest BCUT2D eigenvalue weighted by Crippen LogP contribution is -2.41. The number of halogens is 1. The summed E-state index contributed by atoms with van der Waals surface area (Å²) in [5, 5.41) is 9.36. The number of nitrogens with zero attached hydrogens (tertiary/aromatic N) is 3. The highest BCUT2D eigenvalue weighted by molar-refractivity contribution is 9.11. The van der Waals surface area contributed by atoms with Gasteiger partial charge < -0.3 is 4.90 Å². The topological polar surface area (TPSA) is 29.0 Å². The van der Waals surface area contributed by atoms with Gasteiger partial charge in [-0.15, -0.1) is 10.2 Å². The predicted molar refractivity (Wildman–Crippen MR) is 69.9 cm³/mol. The molecular weight excluding hydrogens is 286 g/mol. The van der Waals surface area contributed by atoms with Crippen molar-refractivity contribution < 1.29 is 0 Å². The predicted octanol–water partition coefficient (Wildman–Crippen LogP) is 3.32. The molecule has 2 fully saturated rings. The third-order valence-corrected chi connectivity index (χ3v) is 5.37. The second kappa shape index (κ2) is 4.61. The van der Waals surface area contributed by atoms with Crippen molar-refractivity contribution >= 4 is 32.4 Å². The molecule has 16 heavy (non-hydrogen) atoms. The van der Waals surface area contributed by atoms with Gasteiger partial charge in [0.05, 0.1) is 0 Å². The van der Waals surface area contributed by atoms with Crippen LogP contribution in [0.4, 0.5) is 5.13 Å². The first-order chi connectivity index (χ1) is 7.83. The second-order valence-electron chi connectivity index (χ2n) is 4.88. The van der Waals surface area contributed by atoms with Crippen LogP contribution in [0.1, 0.15) is 32.1 Å². The lowest BCUT2D eigenvalue weighted by Gasteiger charge is -2.41. The van der Waals surface area contributed by atoms with Crippen LogP contribution in [0.25, 0.3) is 0 Å². The number of aromatic nitrogens is 2. The van der Waals surface area contributed by atoms with Gasteiger partial charge in [0.1, 0.15) is 0 Å². The Morgan fingerprint density at radius 1 is 1.12 bits per heavy atom. The molecule has 1 aliphatic carbocycles. The summed E-state index contributed by atoms with van der Waals surface area (Å²) >= 11 is 5.04. The van der Waals surface area contributed by atoms with E-state index in [2.05, 4.69) is 31.0 Å². The van der Waals surface area contributed by atoms with E-state index in [0.717, 1.165) is 20.9 Å². The van der Waals surface area contributed by atoms with E-state index in [1.807, 2.05) is 0 Å². The van der Waals surface area contributed by atoms with E-state index in [1.165, 1.54) is 45.2 Å². The minimum atomic E-state index is 0.897. The average Bonchev–Trinajstić information content (AvgIpc) is 2.75. The molecule has 0 spiro atoms. The largest absolute Gasteiger partial charge is 0.346 e. The van der Waals surface area contributed by atoms with Crippen molar-refractivity contribution in [3.05, 3.63) is 3.92 Å². The molecule has 0 radical (unpaired) electrons. The Morgan fingerprint density at radius 2 is 1.94 bits per heavy atom. The maximum Gasteiger partial charge on any atom is 0.209 e. The Labute approximate surface area is 108 Å². The third kappa shape index (κ3) is 2.12. The van der Waals surface area contributed by atoms with Crippen molar-refractivity contribution in [3.8, 4) is 0 Å². The van der Waals surface area contributed by atoms with Gasteiger partial charge in [-0.1, -0.05) is 30.6 Å². The number of hydrogen-bond acceptors (Lipinski definition) is 4. The van der Waals surface area contributed by atoms with E-state index >= 15 is 0 Å². The Balaban J connectivity index is 1.70. The quantitative estimate of drug-likeness (QED) is 0.797. The van der Waals surface area contributed by atoms with Gasteiger partial charge in [0, 0.05) is 13.1 Å². The van der Waals surface area contributed by atoms with Gasteiger partial charge in [0.25, 0.3) is 0 Å². The lowest BCUT2D eigenvalue weighted by atomic mass is 9.75. The van der Waals surface area contributed by atoms with Crippen molar-refractivity contribution in [1.29, 1.82) is 0 Å². The summed E-state index contributed by atoms with van der Waals surface area (Å²) < 4.78 is 0.897. The summed E-state index contributed by atoms with van der Waals surface area (Å²) in [4.78, 5) is 2.43. The van der Waals surface area contributed by atoms with E-state index in [-0.39, 0.29) is 0 Å². The van der Waals surface area contributed by atoms with Crippen LogP contribution in [-0.4, -0.2) is 23.3 Å².